The molecule has 0 heterocycles. The van der Waals surface area contributed by atoms with Crippen molar-refractivity contribution in [3.05, 3.63) is 0 Å². The summed E-state index contributed by atoms with van der Waals surface area (Å²) in [6.45, 7) is 2.23. The molecule has 1 radical (unpaired) electrons. The van der Waals surface area contributed by atoms with Crippen molar-refractivity contribution < 1.29 is 9.90 Å². The van der Waals surface area contributed by atoms with E-state index in [0.29, 0.717) is 6.42 Å². The summed E-state index contributed by atoms with van der Waals surface area (Å²) in [6.07, 6.45) is 11.5. The molecule has 18 heavy (non-hydrogen) atoms. The third-order valence-corrected chi connectivity index (χ3v) is 2.49. The molecule has 0 fully saturated rings. The average Bonchev–Trinajstić information content (AvgIpc) is 2.26. The second-order valence-corrected chi connectivity index (χ2v) is 14.0. The Balaban J connectivity index is 0. The van der Waals surface area contributed by atoms with E-state index in [2.05, 4.69) is 21.7 Å². The summed E-state index contributed by atoms with van der Waals surface area (Å²) in [7, 11) is 0. The van der Waals surface area contributed by atoms with E-state index in [9.17, 15) is 4.79 Å². The number of unbranched alkanes of at least 4 members (excludes halogenated alkanes) is 8. The van der Waals surface area contributed by atoms with Crippen LogP contribution in [0.1, 0.15) is 71.1 Å². The van der Waals surface area contributed by atoms with Gasteiger partial charge in [0.1, 0.15) is 0 Å². The predicted octanol–water partition coefficient (Wildman–Crippen LogP) is 5.36. The van der Waals surface area contributed by atoms with E-state index in [1.54, 1.807) is 0 Å². The van der Waals surface area contributed by atoms with Gasteiger partial charge in [0.05, 0.1) is 0 Å². The van der Waals surface area contributed by atoms with Gasteiger partial charge in [-0.05, 0) is 6.42 Å². The maximum atomic E-state index is 10.2. The topological polar surface area (TPSA) is 37.3 Å². The molecule has 109 valence electrons. The zero-order valence-electron chi connectivity index (χ0n) is 12.9. The minimum atomic E-state index is -0.659. The minimum absolute atomic E-state index is 0.343. The van der Waals surface area contributed by atoms with Gasteiger partial charge in [0.15, 0.2) is 0 Å². The van der Waals surface area contributed by atoms with Crippen molar-refractivity contribution in [2.45, 2.75) is 86.0 Å². The van der Waals surface area contributed by atoms with Crippen LogP contribution in [0.25, 0.3) is 0 Å². The first-order valence-corrected chi connectivity index (χ1v) is 16.1. The summed E-state index contributed by atoms with van der Waals surface area (Å²) in [5.74, 6) is -0.659. The van der Waals surface area contributed by atoms with Gasteiger partial charge in [-0.25, -0.2) is 0 Å². The molecule has 0 aliphatic heterocycles. The summed E-state index contributed by atoms with van der Waals surface area (Å²) in [5, 5.41) is 8.41. The number of hydrogen-bond acceptors (Lipinski definition) is 1. The molecule has 0 aromatic rings. The fourth-order valence-electron chi connectivity index (χ4n) is 1.59. The molecule has 0 saturated carbocycles. The molecule has 0 unspecified atom stereocenters. The Morgan fingerprint density at radius 2 is 1.17 bits per heavy atom. The van der Waals surface area contributed by atoms with Gasteiger partial charge < -0.3 is 5.11 Å². The fourth-order valence-corrected chi connectivity index (χ4v) is 1.59. The van der Waals surface area contributed by atoms with Gasteiger partial charge in [0, 0.05) is 6.42 Å². The quantitative estimate of drug-likeness (QED) is 0.418. The molecule has 0 aromatic heterocycles. The zero-order chi connectivity index (χ0) is 14.2. The Kier molecular flexibility index (Phi) is 19.7. The van der Waals surface area contributed by atoms with E-state index < -0.39 is 25.7 Å². The summed E-state index contributed by atoms with van der Waals surface area (Å²) in [6, 6.07) is 0. The van der Waals surface area contributed by atoms with Gasteiger partial charge in [-0.1, -0.05) is 58.3 Å². The first kappa shape index (κ1) is 20.6. The van der Waals surface area contributed by atoms with Crippen molar-refractivity contribution in [2.75, 3.05) is 0 Å². The van der Waals surface area contributed by atoms with Crippen LogP contribution in [0.2, 0.25) is 14.8 Å². The van der Waals surface area contributed by atoms with E-state index >= 15 is 0 Å². The molecule has 0 amide bonds. The molecule has 0 saturated heterocycles. The number of rotatable bonds is 10. The molecule has 0 bridgehead atoms. The Bertz CT molecular complexity index is 167. The normalized spacial score (nSPS) is 10.1. The molecular weight excluding hydrogens is 331 g/mol. The molecule has 3 heteroatoms. The maximum absolute atomic E-state index is 10.2. The summed E-state index contributed by atoms with van der Waals surface area (Å²) >= 11 is -0.543. The van der Waals surface area contributed by atoms with E-state index in [4.69, 9.17) is 5.11 Å². The number of aliphatic carboxylic acids is 1. The number of carboxylic acid groups (broad SMARTS) is 1. The van der Waals surface area contributed by atoms with Gasteiger partial charge in [-0.3, -0.25) is 4.79 Å². The van der Waals surface area contributed by atoms with Crippen molar-refractivity contribution >= 4 is 25.7 Å². The van der Waals surface area contributed by atoms with Gasteiger partial charge in [0.25, 0.3) is 0 Å². The molecule has 2 nitrogen and oxygen atoms in total. The molecule has 0 rings (SSSR count). The number of hydrogen-bond donors (Lipinski definition) is 1. The zero-order valence-corrected chi connectivity index (χ0v) is 15.8. The van der Waals surface area contributed by atoms with Crippen LogP contribution < -0.4 is 0 Å². The predicted molar refractivity (Wildman–Crippen MR) is 82.8 cm³/mol. The van der Waals surface area contributed by atoms with Gasteiger partial charge in [0.2, 0.25) is 0 Å². The van der Waals surface area contributed by atoms with Crippen LogP contribution in [0.5, 0.6) is 0 Å². The van der Waals surface area contributed by atoms with Crippen LogP contribution in [-0.2, 0) is 4.79 Å². The van der Waals surface area contributed by atoms with Gasteiger partial charge in [-0.15, -0.1) is 0 Å². The molecular formula is C15H33O2Sn. The van der Waals surface area contributed by atoms with E-state index in [0.717, 1.165) is 12.8 Å². The molecule has 0 aliphatic carbocycles. The molecule has 0 atom stereocenters. The fraction of sp³-hybridized carbons (Fsp3) is 0.933. The van der Waals surface area contributed by atoms with Crippen LogP contribution in [0.4, 0.5) is 0 Å². The summed E-state index contributed by atoms with van der Waals surface area (Å²) in [4.78, 5) is 17.3. The number of carboxylic acids is 1. The van der Waals surface area contributed by atoms with E-state index in [1.165, 1.54) is 44.9 Å². The van der Waals surface area contributed by atoms with Crippen molar-refractivity contribution in [3.8, 4) is 0 Å². The third kappa shape index (κ3) is 29.9. The van der Waals surface area contributed by atoms with Gasteiger partial charge in [-0.2, -0.15) is 0 Å². The van der Waals surface area contributed by atoms with Crippen molar-refractivity contribution in [2.24, 2.45) is 0 Å². The third-order valence-electron chi connectivity index (χ3n) is 2.49. The monoisotopic (exact) mass is 365 g/mol. The second kappa shape index (κ2) is 17.3. The molecule has 0 aromatic carbocycles. The molecule has 1 N–H and O–H groups in total. The first-order valence-electron chi connectivity index (χ1n) is 7.49. The Labute approximate surface area is 121 Å². The summed E-state index contributed by atoms with van der Waals surface area (Å²) in [5.41, 5.74) is 0. The molecule has 0 spiro atoms. The Hall–Kier alpha value is 0.269. The Morgan fingerprint density at radius 3 is 1.50 bits per heavy atom. The van der Waals surface area contributed by atoms with Crippen LogP contribution in [0.15, 0.2) is 0 Å². The molecule has 0 aliphatic rings. The van der Waals surface area contributed by atoms with Crippen molar-refractivity contribution in [1.29, 1.82) is 0 Å². The standard InChI is InChI=1S/C12H24O2.3CH3.Sn/c1-2-3-4-5-6-7-8-9-10-11-12(13)14;;;;/h2-11H2,1H3,(H,13,14);3*1H3;. The second-order valence-electron chi connectivity index (χ2n) is 5.47. The van der Waals surface area contributed by atoms with Crippen LogP contribution >= 0.6 is 0 Å². The van der Waals surface area contributed by atoms with Crippen LogP contribution in [-0.4, -0.2) is 30.8 Å². The van der Waals surface area contributed by atoms with Gasteiger partial charge >= 0.3 is 40.5 Å². The van der Waals surface area contributed by atoms with Crippen molar-refractivity contribution in [3.63, 3.8) is 0 Å². The van der Waals surface area contributed by atoms with E-state index in [1.807, 2.05) is 0 Å². The van der Waals surface area contributed by atoms with Crippen LogP contribution in [0.3, 0.4) is 0 Å². The average molecular weight is 364 g/mol. The van der Waals surface area contributed by atoms with Crippen LogP contribution in [0, 0.1) is 0 Å². The summed E-state index contributed by atoms with van der Waals surface area (Å²) < 4.78 is 0. The SMILES string of the molecule is CCCCCCCCCCCC(=O)O.[CH3][Sn]([CH3])[CH3]. The van der Waals surface area contributed by atoms with E-state index in [-0.39, 0.29) is 0 Å². The van der Waals surface area contributed by atoms with Crippen molar-refractivity contribution in [1.82, 2.24) is 0 Å². The first-order chi connectivity index (χ1) is 8.50. The Morgan fingerprint density at radius 1 is 0.833 bits per heavy atom. The number of carbonyl (C=O) groups is 1.